The van der Waals surface area contributed by atoms with Crippen LogP contribution in [0, 0.1) is 11.8 Å². The molecular formula is C11H15NO. The van der Waals surface area contributed by atoms with E-state index in [0.717, 1.165) is 19.3 Å². The molecule has 1 saturated carbocycles. The van der Waals surface area contributed by atoms with Crippen molar-refractivity contribution in [1.82, 2.24) is 5.32 Å². The predicted molar refractivity (Wildman–Crippen MR) is 52.1 cm³/mol. The number of nitrogens with one attached hydrogen (secondary N) is 1. The van der Waals surface area contributed by atoms with E-state index in [4.69, 9.17) is 0 Å². The van der Waals surface area contributed by atoms with Gasteiger partial charge in [0.05, 0.1) is 0 Å². The molecule has 0 bridgehead atoms. The van der Waals surface area contributed by atoms with Crippen LogP contribution in [0.5, 0.6) is 0 Å². The van der Waals surface area contributed by atoms with E-state index in [0.29, 0.717) is 5.92 Å². The predicted octanol–water partition coefficient (Wildman–Crippen LogP) is 1.64. The maximum atomic E-state index is 11.4. The second-order valence-corrected chi connectivity index (χ2v) is 3.85. The van der Waals surface area contributed by atoms with Crippen LogP contribution in [0.1, 0.15) is 19.3 Å². The summed E-state index contributed by atoms with van der Waals surface area (Å²) in [6, 6.07) is 0. The number of carbonyl (C=O) groups excluding carboxylic acids is 1. The third-order valence-electron chi connectivity index (χ3n) is 3.06. The van der Waals surface area contributed by atoms with Gasteiger partial charge in [0.15, 0.2) is 0 Å². The monoisotopic (exact) mass is 177 g/mol. The molecule has 0 saturated heterocycles. The molecule has 13 heavy (non-hydrogen) atoms. The summed E-state index contributed by atoms with van der Waals surface area (Å²) in [5, 5.41) is 2.73. The van der Waals surface area contributed by atoms with E-state index in [1.165, 1.54) is 5.57 Å². The van der Waals surface area contributed by atoms with E-state index in [9.17, 15) is 4.79 Å². The van der Waals surface area contributed by atoms with Gasteiger partial charge in [0.25, 0.3) is 0 Å². The maximum absolute atomic E-state index is 11.4. The summed E-state index contributed by atoms with van der Waals surface area (Å²) in [5.74, 6) is 1.07. The van der Waals surface area contributed by atoms with E-state index in [2.05, 4.69) is 23.5 Å². The van der Waals surface area contributed by atoms with Crippen molar-refractivity contribution in [3.8, 4) is 0 Å². The zero-order valence-electron chi connectivity index (χ0n) is 7.92. The van der Waals surface area contributed by atoms with Crippen LogP contribution < -0.4 is 5.32 Å². The SMILES string of the molecule is CNC(=O)C1CC2=CC=CCC2C1. The molecule has 0 heterocycles. The first-order valence-corrected chi connectivity index (χ1v) is 4.88. The Morgan fingerprint density at radius 1 is 1.62 bits per heavy atom. The summed E-state index contributed by atoms with van der Waals surface area (Å²) >= 11 is 0. The largest absolute Gasteiger partial charge is 0.359 e. The van der Waals surface area contributed by atoms with E-state index in [-0.39, 0.29) is 11.8 Å². The number of rotatable bonds is 1. The average molecular weight is 177 g/mol. The zero-order valence-corrected chi connectivity index (χ0v) is 7.92. The molecule has 2 heteroatoms. The summed E-state index contributed by atoms with van der Waals surface area (Å²) in [4.78, 5) is 11.4. The van der Waals surface area contributed by atoms with Gasteiger partial charge in [0.2, 0.25) is 5.91 Å². The zero-order chi connectivity index (χ0) is 9.26. The minimum atomic E-state index is 0.204. The van der Waals surface area contributed by atoms with Gasteiger partial charge in [0.1, 0.15) is 0 Å². The fourth-order valence-corrected chi connectivity index (χ4v) is 2.32. The van der Waals surface area contributed by atoms with Gasteiger partial charge in [-0.3, -0.25) is 4.79 Å². The summed E-state index contributed by atoms with van der Waals surface area (Å²) in [5.41, 5.74) is 1.47. The molecule has 2 aliphatic carbocycles. The van der Waals surface area contributed by atoms with Gasteiger partial charge >= 0.3 is 0 Å². The van der Waals surface area contributed by atoms with Gasteiger partial charge in [-0.1, -0.05) is 23.8 Å². The lowest BCUT2D eigenvalue weighted by molar-refractivity contribution is -0.124. The molecule has 1 fully saturated rings. The molecule has 2 nitrogen and oxygen atoms in total. The lowest BCUT2D eigenvalue weighted by Gasteiger charge is -2.11. The minimum absolute atomic E-state index is 0.204. The quantitative estimate of drug-likeness (QED) is 0.648. The van der Waals surface area contributed by atoms with Crippen LogP contribution in [0.2, 0.25) is 0 Å². The highest BCUT2D eigenvalue weighted by Crippen LogP contribution is 2.39. The van der Waals surface area contributed by atoms with Gasteiger partial charge < -0.3 is 5.32 Å². The standard InChI is InChI=1S/C11H15NO/c1-12-11(13)10-6-8-4-2-3-5-9(8)7-10/h2-4,9-10H,5-7H2,1H3,(H,12,13). The molecule has 70 valence electrons. The number of fused-ring (bicyclic) bond motifs is 1. The summed E-state index contributed by atoms with van der Waals surface area (Å²) in [7, 11) is 1.72. The molecule has 0 aromatic rings. The van der Waals surface area contributed by atoms with Gasteiger partial charge in [-0.15, -0.1) is 0 Å². The van der Waals surface area contributed by atoms with Crippen molar-refractivity contribution in [2.24, 2.45) is 11.8 Å². The summed E-state index contributed by atoms with van der Waals surface area (Å²) in [6.07, 6.45) is 9.61. The Labute approximate surface area is 78.7 Å². The minimum Gasteiger partial charge on any atom is -0.359 e. The van der Waals surface area contributed by atoms with Crippen molar-refractivity contribution in [3.05, 3.63) is 23.8 Å². The smallest absolute Gasteiger partial charge is 0.223 e. The third-order valence-corrected chi connectivity index (χ3v) is 3.06. The Kier molecular flexibility index (Phi) is 2.21. The molecule has 0 aliphatic heterocycles. The first kappa shape index (κ1) is 8.54. The number of amides is 1. The summed E-state index contributed by atoms with van der Waals surface area (Å²) < 4.78 is 0. The van der Waals surface area contributed by atoms with Gasteiger partial charge in [0, 0.05) is 13.0 Å². The molecule has 2 rings (SSSR count). The second-order valence-electron chi connectivity index (χ2n) is 3.85. The fraction of sp³-hybridized carbons (Fsp3) is 0.545. The molecule has 2 aliphatic rings. The van der Waals surface area contributed by atoms with Crippen LogP contribution in [0.4, 0.5) is 0 Å². The van der Waals surface area contributed by atoms with Crippen LogP contribution in [-0.4, -0.2) is 13.0 Å². The Hall–Kier alpha value is -1.05. The maximum Gasteiger partial charge on any atom is 0.223 e. The Morgan fingerprint density at radius 2 is 2.46 bits per heavy atom. The molecule has 0 spiro atoms. The van der Waals surface area contributed by atoms with E-state index in [1.54, 1.807) is 7.05 Å². The molecule has 2 atom stereocenters. The van der Waals surface area contributed by atoms with Crippen molar-refractivity contribution < 1.29 is 4.79 Å². The number of allylic oxidation sites excluding steroid dienone is 4. The van der Waals surface area contributed by atoms with Gasteiger partial charge in [-0.05, 0) is 25.2 Å². The number of carbonyl (C=O) groups is 1. The van der Waals surface area contributed by atoms with Crippen molar-refractivity contribution in [2.45, 2.75) is 19.3 Å². The van der Waals surface area contributed by atoms with Crippen LogP contribution in [-0.2, 0) is 4.79 Å². The Morgan fingerprint density at radius 3 is 3.15 bits per heavy atom. The van der Waals surface area contributed by atoms with E-state index in [1.807, 2.05) is 0 Å². The van der Waals surface area contributed by atoms with Crippen LogP contribution in [0.15, 0.2) is 23.8 Å². The highest BCUT2D eigenvalue weighted by atomic mass is 16.1. The molecule has 1 amide bonds. The van der Waals surface area contributed by atoms with Crippen LogP contribution in [0.25, 0.3) is 0 Å². The first-order valence-electron chi connectivity index (χ1n) is 4.88. The first-order chi connectivity index (χ1) is 6.31. The fourth-order valence-electron chi connectivity index (χ4n) is 2.32. The third kappa shape index (κ3) is 1.53. The molecule has 0 radical (unpaired) electrons. The van der Waals surface area contributed by atoms with Crippen molar-refractivity contribution in [2.75, 3.05) is 7.05 Å². The molecule has 1 N–H and O–H groups in total. The summed E-state index contributed by atoms with van der Waals surface area (Å²) in [6.45, 7) is 0. The van der Waals surface area contributed by atoms with Crippen LogP contribution in [0.3, 0.4) is 0 Å². The molecule has 0 aromatic carbocycles. The van der Waals surface area contributed by atoms with Crippen molar-refractivity contribution in [3.63, 3.8) is 0 Å². The second kappa shape index (κ2) is 3.36. The van der Waals surface area contributed by atoms with Crippen molar-refractivity contribution >= 4 is 5.91 Å². The Bertz CT molecular complexity index is 278. The van der Waals surface area contributed by atoms with E-state index >= 15 is 0 Å². The molecule has 2 unspecified atom stereocenters. The highest BCUT2D eigenvalue weighted by Gasteiger charge is 2.32. The van der Waals surface area contributed by atoms with E-state index < -0.39 is 0 Å². The Balaban J connectivity index is 2.06. The lowest BCUT2D eigenvalue weighted by atomic mass is 9.95. The van der Waals surface area contributed by atoms with Crippen molar-refractivity contribution in [1.29, 1.82) is 0 Å². The topological polar surface area (TPSA) is 29.1 Å². The number of hydrogen-bond donors (Lipinski definition) is 1. The van der Waals surface area contributed by atoms with Gasteiger partial charge in [-0.2, -0.15) is 0 Å². The average Bonchev–Trinajstić information content (AvgIpc) is 2.59. The highest BCUT2D eigenvalue weighted by molar-refractivity contribution is 5.79. The normalized spacial score (nSPS) is 31.0. The van der Waals surface area contributed by atoms with Gasteiger partial charge in [-0.25, -0.2) is 0 Å². The lowest BCUT2D eigenvalue weighted by Crippen LogP contribution is -2.25. The molecule has 0 aromatic heterocycles. The van der Waals surface area contributed by atoms with Crippen LogP contribution >= 0.6 is 0 Å². The number of hydrogen-bond acceptors (Lipinski definition) is 1. The molecular weight excluding hydrogens is 162 g/mol.